The second-order valence-electron chi connectivity index (χ2n) is 5.93. The second kappa shape index (κ2) is 21.7. The average molecular weight is 399 g/mol. The maximum absolute atomic E-state index is 10.7. The average Bonchev–Trinajstić information content (AvgIpc) is 2.41. The van der Waals surface area contributed by atoms with E-state index in [0.29, 0.717) is 12.8 Å². The van der Waals surface area contributed by atoms with Gasteiger partial charge in [-0.1, -0.05) is 84.5 Å². The SMILES string of the molecule is CCCCCCCCCCCC(CCCC)OP(=O)([O-])[O-].[K+].[K+]. The van der Waals surface area contributed by atoms with Crippen LogP contribution < -0.4 is 113 Å². The Morgan fingerprint density at radius 1 is 0.739 bits per heavy atom. The van der Waals surface area contributed by atoms with Crippen LogP contribution in [0, 0.1) is 0 Å². The van der Waals surface area contributed by atoms with Gasteiger partial charge < -0.3 is 18.9 Å². The first-order valence-corrected chi connectivity index (χ1v) is 10.2. The van der Waals surface area contributed by atoms with Gasteiger partial charge in [-0.05, 0) is 12.8 Å². The number of unbranched alkanes of at least 4 members (excludes halogenated alkanes) is 9. The minimum absolute atomic E-state index is 0. The van der Waals surface area contributed by atoms with Crippen LogP contribution in [0.15, 0.2) is 0 Å². The van der Waals surface area contributed by atoms with Crippen molar-refractivity contribution in [3.05, 3.63) is 0 Å². The fourth-order valence-corrected chi connectivity index (χ4v) is 3.12. The van der Waals surface area contributed by atoms with Crippen LogP contribution in [-0.4, -0.2) is 6.10 Å². The summed E-state index contributed by atoms with van der Waals surface area (Å²) in [6, 6.07) is 0. The molecule has 128 valence electrons. The molecule has 0 aliphatic rings. The van der Waals surface area contributed by atoms with Gasteiger partial charge in [0.2, 0.25) is 0 Å². The predicted molar refractivity (Wildman–Crippen MR) is 83.8 cm³/mol. The van der Waals surface area contributed by atoms with Gasteiger partial charge in [0.1, 0.15) is 0 Å². The second-order valence-corrected chi connectivity index (χ2v) is 7.04. The Kier molecular flexibility index (Phi) is 29.3. The number of hydrogen-bond acceptors (Lipinski definition) is 4. The third kappa shape index (κ3) is 25.4. The standard InChI is InChI=1S/C16H35O4P.2K/c1-3-5-7-8-9-10-11-12-13-15-16(14-6-4-2)20-21(17,18)19;;/h16H,3-15H2,1-2H3,(H2,17,18,19);;/q;2*+1/p-2. The maximum Gasteiger partial charge on any atom is 1.00 e. The molecular formula is C16H33K2O4P. The van der Waals surface area contributed by atoms with Gasteiger partial charge >= 0.3 is 103 Å². The summed E-state index contributed by atoms with van der Waals surface area (Å²) in [5.41, 5.74) is 0. The van der Waals surface area contributed by atoms with Crippen molar-refractivity contribution < 1.29 is 122 Å². The molecule has 7 heteroatoms. The van der Waals surface area contributed by atoms with E-state index in [9.17, 15) is 14.4 Å². The van der Waals surface area contributed by atoms with E-state index in [4.69, 9.17) is 0 Å². The first kappa shape index (κ1) is 31.1. The summed E-state index contributed by atoms with van der Waals surface area (Å²) in [6.07, 6.45) is 13.9. The number of hydrogen-bond donors (Lipinski definition) is 0. The van der Waals surface area contributed by atoms with Crippen LogP contribution >= 0.6 is 7.82 Å². The normalized spacial score (nSPS) is 12.3. The molecule has 0 saturated heterocycles. The molecule has 0 amide bonds. The molecule has 0 aliphatic carbocycles. The van der Waals surface area contributed by atoms with Crippen LogP contribution in [0.4, 0.5) is 0 Å². The molecule has 0 aromatic heterocycles. The summed E-state index contributed by atoms with van der Waals surface area (Å²) >= 11 is 0. The van der Waals surface area contributed by atoms with Gasteiger partial charge in [0.25, 0.3) is 0 Å². The van der Waals surface area contributed by atoms with Gasteiger partial charge in [-0.15, -0.1) is 0 Å². The molecule has 0 rings (SSSR count). The Labute approximate surface area is 228 Å². The number of rotatable bonds is 15. The van der Waals surface area contributed by atoms with Crippen LogP contribution in [0.3, 0.4) is 0 Å². The quantitative estimate of drug-likeness (QED) is 0.188. The Morgan fingerprint density at radius 3 is 1.57 bits per heavy atom. The minimum atomic E-state index is -4.84. The van der Waals surface area contributed by atoms with E-state index >= 15 is 0 Å². The molecule has 0 N–H and O–H groups in total. The fourth-order valence-electron chi connectivity index (χ4n) is 2.55. The van der Waals surface area contributed by atoms with Crippen LogP contribution in [0.5, 0.6) is 0 Å². The molecule has 0 aromatic rings. The fraction of sp³-hybridized carbons (Fsp3) is 1.00. The monoisotopic (exact) mass is 398 g/mol. The van der Waals surface area contributed by atoms with Crippen LogP contribution in [-0.2, 0) is 9.09 Å². The Hall–Kier alpha value is 3.38. The van der Waals surface area contributed by atoms with E-state index in [1.807, 2.05) is 6.92 Å². The summed E-state index contributed by atoms with van der Waals surface area (Å²) in [7, 11) is -4.84. The zero-order valence-electron chi connectivity index (χ0n) is 15.8. The van der Waals surface area contributed by atoms with Gasteiger partial charge in [-0.25, -0.2) is 0 Å². The molecule has 0 heterocycles. The third-order valence-corrected chi connectivity index (χ3v) is 4.34. The molecule has 1 atom stereocenters. The van der Waals surface area contributed by atoms with Crippen molar-refractivity contribution in [3.8, 4) is 0 Å². The molecule has 0 saturated carbocycles. The minimum Gasteiger partial charge on any atom is -0.790 e. The molecule has 0 bridgehead atoms. The molecule has 0 radical (unpaired) electrons. The van der Waals surface area contributed by atoms with Gasteiger partial charge in [-0.3, -0.25) is 0 Å². The topological polar surface area (TPSA) is 72.4 Å². The molecular weight excluding hydrogens is 365 g/mol. The van der Waals surface area contributed by atoms with E-state index in [1.165, 1.54) is 44.9 Å². The van der Waals surface area contributed by atoms with Crippen LogP contribution in [0.1, 0.15) is 97.3 Å². The van der Waals surface area contributed by atoms with E-state index in [1.54, 1.807) is 0 Å². The van der Waals surface area contributed by atoms with Crippen molar-refractivity contribution in [3.63, 3.8) is 0 Å². The first-order valence-electron chi connectivity index (χ1n) is 8.70. The van der Waals surface area contributed by atoms with E-state index in [-0.39, 0.29) is 103 Å². The molecule has 0 fully saturated rings. The summed E-state index contributed by atoms with van der Waals surface area (Å²) in [5, 5.41) is 0. The molecule has 0 aromatic carbocycles. The number of phosphoric ester groups is 1. The molecule has 0 aliphatic heterocycles. The van der Waals surface area contributed by atoms with Gasteiger partial charge in [-0.2, -0.15) is 0 Å². The van der Waals surface area contributed by atoms with Crippen molar-refractivity contribution in [1.82, 2.24) is 0 Å². The zero-order chi connectivity index (χ0) is 16.0. The smallest absolute Gasteiger partial charge is 0.790 e. The summed E-state index contributed by atoms with van der Waals surface area (Å²) in [4.78, 5) is 21.4. The third-order valence-electron chi connectivity index (χ3n) is 3.79. The zero-order valence-corrected chi connectivity index (χ0v) is 23.0. The first-order chi connectivity index (χ1) is 9.99. The van der Waals surface area contributed by atoms with Crippen molar-refractivity contribution in [1.29, 1.82) is 0 Å². The Balaban J connectivity index is -0.00000200. The van der Waals surface area contributed by atoms with E-state index in [0.717, 1.165) is 25.7 Å². The van der Waals surface area contributed by atoms with Crippen LogP contribution in [0.25, 0.3) is 0 Å². The van der Waals surface area contributed by atoms with E-state index < -0.39 is 13.9 Å². The van der Waals surface area contributed by atoms with Gasteiger partial charge in [0, 0.05) is 0 Å². The van der Waals surface area contributed by atoms with Crippen molar-refractivity contribution in [2.75, 3.05) is 0 Å². The van der Waals surface area contributed by atoms with Gasteiger partial charge in [0.15, 0.2) is 0 Å². The number of phosphoric acid groups is 1. The maximum atomic E-state index is 10.7. The van der Waals surface area contributed by atoms with Crippen molar-refractivity contribution in [2.45, 2.75) is 103 Å². The van der Waals surface area contributed by atoms with Gasteiger partial charge in [0.05, 0.1) is 13.9 Å². The molecule has 4 nitrogen and oxygen atoms in total. The van der Waals surface area contributed by atoms with E-state index in [2.05, 4.69) is 11.4 Å². The summed E-state index contributed by atoms with van der Waals surface area (Å²) in [5.74, 6) is 0. The molecule has 0 spiro atoms. The van der Waals surface area contributed by atoms with Crippen molar-refractivity contribution in [2.24, 2.45) is 0 Å². The Bertz CT molecular complexity index is 275. The Morgan fingerprint density at radius 2 is 1.13 bits per heavy atom. The molecule has 23 heavy (non-hydrogen) atoms. The predicted octanol–water partition coefficient (Wildman–Crippen LogP) is -1.68. The largest absolute Gasteiger partial charge is 1.00 e. The van der Waals surface area contributed by atoms with Crippen LogP contribution in [0.2, 0.25) is 0 Å². The molecule has 1 unspecified atom stereocenters. The summed E-state index contributed by atoms with van der Waals surface area (Å²) < 4.78 is 15.4. The summed E-state index contributed by atoms with van der Waals surface area (Å²) in [6.45, 7) is 4.27. The van der Waals surface area contributed by atoms with Crippen molar-refractivity contribution >= 4 is 7.82 Å².